The normalized spacial score (nSPS) is 10.6. The standard InChI is InChI=1S/C10H11BrN4O/c1-14-6-13-15(10(14)16)5-7-8(11)3-2-4-9(7)12/h2-4,6H,5,12H2,1H3. The molecule has 1 aromatic heterocycles. The smallest absolute Gasteiger partial charge is 0.345 e. The Morgan fingerprint density at radius 1 is 1.50 bits per heavy atom. The number of aryl methyl sites for hydroxylation is 1. The Morgan fingerprint density at radius 2 is 2.25 bits per heavy atom. The SMILES string of the molecule is Cn1cnn(Cc2c(N)cccc2Br)c1=O. The molecule has 0 aliphatic rings. The zero-order valence-corrected chi connectivity index (χ0v) is 10.3. The molecule has 0 bridgehead atoms. The number of nitrogens with two attached hydrogens (primary N) is 1. The first-order valence-corrected chi connectivity index (χ1v) is 5.50. The van der Waals surface area contributed by atoms with E-state index in [-0.39, 0.29) is 5.69 Å². The van der Waals surface area contributed by atoms with Gasteiger partial charge in [0.05, 0.1) is 6.54 Å². The molecule has 5 nitrogen and oxygen atoms in total. The molecule has 84 valence electrons. The maximum Gasteiger partial charge on any atom is 0.345 e. The van der Waals surface area contributed by atoms with Crippen LogP contribution in [0, 0.1) is 0 Å². The summed E-state index contributed by atoms with van der Waals surface area (Å²) in [5.74, 6) is 0. The predicted molar refractivity (Wildman–Crippen MR) is 65.1 cm³/mol. The highest BCUT2D eigenvalue weighted by molar-refractivity contribution is 9.10. The molecule has 0 aliphatic carbocycles. The number of hydrogen-bond acceptors (Lipinski definition) is 3. The molecule has 0 spiro atoms. The van der Waals surface area contributed by atoms with Gasteiger partial charge in [-0.1, -0.05) is 22.0 Å². The molecule has 2 rings (SSSR count). The zero-order chi connectivity index (χ0) is 11.7. The van der Waals surface area contributed by atoms with Gasteiger partial charge in [0.1, 0.15) is 6.33 Å². The fraction of sp³-hybridized carbons (Fsp3) is 0.200. The van der Waals surface area contributed by atoms with Crippen LogP contribution in [0.4, 0.5) is 5.69 Å². The van der Waals surface area contributed by atoms with Crippen molar-refractivity contribution in [2.45, 2.75) is 6.54 Å². The Balaban J connectivity index is 2.42. The summed E-state index contributed by atoms with van der Waals surface area (Å²) in [6, 6.07) is 5.54. The topological polar surface area (TPSA) is 65.8 Å². The first-order chi connectivity index (χ1) is 7.59. The molecule has 0 saturated carbocycles. The fourth-order valence-electron chi connectivity index (χ4n) is 1.42. The van der Waals surface area contributed by atoms with E-state index in [1.54, 1.807) is 13.1 Å². The molecule has 0 unspecified atom stereocenters. The van der Waals surface area contributed by atoms with E-state index in [2.05, 4.69) is 21.0 Å². The molecule has 0 aliphatic heterocycles. The summed E-state index contributed by atoms with van der Waals surface area (Å²) in [4.78, 5) is 11.6. The van der Waals surface area contributed by atoms with E-state index < -0.39 is 0 Å². The van der Waals surface area contributed by atoms with Gasteiger partial charge in [-0.3, -0.25) is 4.57 Å². The summed E-state index contributed by atoms with van der Waals surface area (Å²) in [6.07, 6.45) is 1.48. The minimum Gasteiger partial charge on any atom is -0.398 e. The van der Waals surface area contributed by atoms with Gasteiger partial charge in [0.25, 0.3) is 0 Å². The van der Waals surface area contributed by atoms with Crippen LogP contribution >= 0.6 is 15.9 Å². The Hall–Kier alpha value is -1.56. The number of nitrogen functional groups attached to an aromatic ring is 1. The molecule has 2 aromatic rings. The van der Waals surface area contributed by atoms with Gasteiger partial charge in [-0.15, -0.1) is 0 Å². The average molecular weight is 283 g/mol. The molecule has 1 heterocycles. The van der Waals surface area contributed by atoms with Crippen LogP contribution in [-0.2, 0) is 13.6 Å². The largest absolute Gasteiger partial charge is 0.398 e. The van der Waals surface area contributed by atoms with Crippen molar-refractivity contribution in [1.29, 1.82) is 0 Å². The molecule has 16 heavy (non-hydrogen) atoms. The van der Waals surface area contributed by atoms with E-state index in [1.165, 1.54) is 15.6 Å². The molecule has 0 atom stereocenters. The number of halogens is 1. The summed E-state index contributed by atoms with van der Waals surface area (Å²) in [5, 5.41) is 3.98. The molecular formula is C10H11BrN4O. The van der Waals surface area contributed by atoms with Gasteiger partial charge in [0, 0.05) is 22.8 Å². The van der Waals surface area contributed by atoms with E-state index in [0.717, 1.165) is 10.0 Å². The van der Waals surface area contributed by atoms with Crippen LogP contribution in [-0.4, -0.2) is 14.3 Å². The second kappa shape index (κ2) is 4.13. The summed E-state index contributed by atoms with van der Waals surface area (Å²) in [6.45, 7) is 0.368. The molecule has 2 N–H and O–H groups in total. The maximum atomic E-state index is 11.6. The molecule has 0 saturated heterocycles. The Labute approximate surface area is 101 Å². The monoisotopic (exact) mass is 282 g/mol. The number of anilines is 1. The van der Waals surface area contributed by atoms with Crippen LogP contribution < -0.4 is 11.4 Å². The third-order valence-electron chi connectivity index (χ3n) is 2.35. The van der Waals surface area contributed by atoms with Crippen molar-refractivity contribution in [3.8, 4) is 0 Å². The number of rotatable bonds is 2. The minimum atomic E-state index is -0.157. The van der Waals surface area contributed by atoms with Crippen molar-refractivity contribution in [3.05, 3.63) is 45.0 Å². The minimum absolute atomic E-state index is 0.157. The number of aromatic nitrogens is 3. The van der Waals surface area contributed by atoms with Crippen molar-refractivity contribution < 1.29 is 0 Å². The number of hydrogen-bond donors (Lipinski definition) is 1. The third-order valence-corrected chi connectivity index (χ3v) is 3.09. The molecule has 0 radical (unpaired) electrons. The molecule has 0 fully saturated rings. The lowest BCUT2D eigenvalue weighted by Crippen LogP contribution is -2.24. The van der Waals surface area contributed by atoms with E-state index in [0.29, 0.717) is 12.2 Å². The van der Waals surface area contributed by atoms with Gasteiger partial charge >= 0.3 is 5.69 Å². The van der Waals surface area contributed by atoms with Gasteiger partial charge in [-0.2, -0.15) is 5.10 Å². The molecule has 6 heteroatoms. The van der Waals surface area contributed by atoms with Gasteiger partial charge in [-0.25, -0.2) is 9.48 Å². The third kappa shape index (κ3) is 1.88. The Bertz CT molecular complexity index is 552. The van der Waals surface area contributed by atoms with Crippen molar-refractivity contribution in [2.75, 3.05) is 5.73 Å². The highest BCUT2D eigenvalue weighted by atomic mass is 79.9. The van der Waals surface area contributed by atoms with Crippen molar-refractivity contribution in [2.24, 2.45) is 7.05 Å². The van der Waals surface area contributed by atoms with Gasteiger partial charge in [0.2, 0.25) is 0 Å². The highest BCUT2D eigenvalue weighted by Gasteiger charge is 2.08. The van der Waals surface area contributed by atoms with E-state index in [1.807, 2.05) is 12.1 Å². The van der Waals surface area contributed by atoms with Gasteiger partial charge in [0.15, 0.2) is 0 Å². The van der Waals surface area contributed by atoms with Crippen LogP contribution in [0.15, 0.2) is 33.8 Å². The van der Waals surface area contributed by atoms with Gasteiger partial charge < -0.3 is 5.73 Å². The van der Waals surface area contributed by atoms with Crippen LogP contribution in [0.3, 0.4) is 0 Å². The first kappa shape index (κ1) is 10.9. The highest BCUT2D eigenvalue weighted by Crippen LogP contribution is 2.22. The fourth-order valence-corrected chi connectivity index (χ4v) is 1.93. The Morgan fingerprint density at radius 3 is 2.81 bits per heavy atom. The van der Waals surface area contributed by atoms with Crippen LogP contribution in [0.5, 0.6) is 0 Å². The van der Waals surface area contributed by atoms with Crippen LogP contribution in [0.1, 0.15) is 5.56 Å². The van der Waals surface area contributed by atoms with Crippen molar-refractivity contribution in [1.82, 2.24) is 14.3 Å². The summed E-state index contributed by atoms with van der Waals surface area (Å²) >= 11 is 3.41. The van der Waals surface area contributed by atoms with Crippen molar-refractivity contribution in [3.63, 3.8) is 0 Å². The summed E-state index contributed by atoms with van der Waals surface area (Å²) in [5.41, 5.74) is 7.20. The first-order valence-electron chi connectivity index (χ1n) is 4.71. The Kier molecular flexibility index (Phi) is 2.82. The molecule has 0 amide bonds. The van der Waals surface area contributed by atoms with Crippen molar-refractivity contribution >= 4 is 21.6 Å². The lowest BCUT2D eigenvalue weighted by atomic mass is 10.2. The summed E-state index contributed by atoms with van der Waals surface area (Å²) < 4.78 is 3.67. The molecular weight excluding hydrogens is 272 g/mol. The second-order valence-electron chi connectivity index (χ2n) is 3.49. The van der Waals surface area contributed by atoms with E-state index in [4.69, 9.17) is 5.73 Å². The van der Waals surface area contributed by atoms with E-state index >= 15 is 0 Å². The number of benzene rings is 1. The lowest BCUT2D eigenvalue weighted by molar-refractivity contribution is 0.646. The van der Waals surface area contributed by atoms with E-state index in [9.17, 15) is 4.79 Å². The lowest BCUT2D eigenvalue weighted by Gasteiger charge is -2.07. The second-order valence-corrected chi connectivity index (χ2v) is 4.34. The molecule has 1 aromatic carbocycles. The van der Waals surface area contributed by atoms with Crippen LogP contribution in [0.2, 0.25) is 0 Å². The maximum absolute atomic E-state index is 11.6. The quantitative estimate of drug-likeness (QED) is 0.835. The summed E-state index contributed by atoms with van der Waals surface area (Å²) in [7, 11) is 1.66. The van der Waals surface area contributed by atoms with Crippen LogP contribution in [0.25, 0.3) is 0 Å². The zero-order valence-electron chi connectivity index (χ0n) is 8.72. The number of nitrogens with zero attached hydrogens (tertiary/aromatic N) is 3. The predicted octanol–water partition coefficient (Wildman–Crippen LogP) is 0.975. The van der Waals surface area contributed by atoms with Gasteiger partial charge in [-0.05, 0) is 12.1 Å². The average Bonchev–Trinajstić information content (AvgIpc) is 2.55.